The highest BCUT2D eigenvalue weighted by atomic mass is 16.3. The van der Waals surface area contributed by atoms with Crippen LogP contribution in [0.2, 0.25) is 0 Å². The lowest BCUT2D eigenvalue weighted by atomic mass is 10.2. The van der Waals surface area contributed by atoms with Gasteiger partial charge in [-0.2, -0.15) is 0 Å². The van der Waals surface area contributed by atoms with Crippen LogP contribution >= 0.6 is 0 Å². The zero-order chi connectivity index (χ0) is 11.7. The Morgan fingerprint density at radius 1 is 1.18 bits per heavy atom. The predicted molar refractivity (Wildman–Crippen MR) is 63.7 cm³/mol. The average molecular weight is 230 g/mol. The van der Waals surface area contributed by atoms with Gasteiger partial charge in [-0.05, 0) is 12.1 Å². The third-order valence-electron chi connectivity index (χ3n) is 3.01. The van der Waals surface area contributed by atoms with Crippen molar-refractivity contribution in [2.75, 3.05) is 13.1 Å². The molecule has 2 N–H and O–H groups in total. The van der Waals surface area contributed by atoms with Crippen molar-refractivity contribution in [1.82, 2.24) is 20.1 Å². The first-order chi connectivity index (χ1) is 8.36. The summed E-state index contributed by atoms with van der Waals surface area (Å²) in [6.45, 7) is 2.68. The zero-order valence-corrected chi connectivity index (χ0v) is 9.43. The molecule has 1 aromatic heterocycles. The largest absolute Gasteiger partial charge is 0.507 e. The van der Waals surface area contributed by atoms with E-state index in [9.17, 15) is 5.11 Å². The van der Waals surface area contributed by atoms with E-state index >= 15 is 0 Å². The van der Waals surface area contributed by atoms with Gasteiger partial charge in [0.25, 0.3) is 0 Å². The second-order valence-electron chi connectivity index (χ2n) is 4.11. The first-order valence-corrected chi connectivity index (χ1v) is 5.77. The summed E-state index contributed by atoms with van der Waals surface area (Å²) < 4.78 is 2.08. The topological polar surface area (TPSA) is 63.0 Å². The lowest BCUT2D eigenvalue weighted by Gasteiger charge is -2.07. The smallest absolute Gasteiger partial charge is 0.167 e. The molecule has 17 heavy (non-hydrogen) atoms. The molecule has 88 valence electrons. The van der Waals surface area contributed by atoms with E-state index in [1.54, 1.807) is 12.1 Å². The number of nitrogens with zero attached hydrogens (tertiary/aromatic N) is 3. The normalized spacial score (nSPS) is 15.3. The quantitative estimate of drug-likeness (QED) is 0.760. The molecular formula is C12H14N4O. The van der Waals surface area contributed by atoms with Gasteiger partial charge in [0, 0.05) is 26.1 Å². The van der Waals surface area contributed by atoms with Gasteiger partial charge in [0.1, 0.15) is 11.6 Å². The van der Waals surface area contributed by atoms with Crippen LogP contribution in [0.1, 0.15) is 5.82 Å². The van der Waals surface area contributed by atoms with Crippen LogP contribution in [0.25, 0.3) is 11.4 Å². The Labute approximate surface area is 99.1 Å². The number of hydrogen-bond acceptors (Lipinski definition) is 4. The van der Waals surface area contributed by atoms with Gasteiger partial charge in [0.2, 0.25) is 0 Å². The molecule has 1 aliphatic heterocycles. The van der Waals surface area contributed by atoms with E-state index in [4.69, 9.17) is 0 Å². The van der Waals surface area contributed by atoms with E-state index in [1.165, 1.54) is 0 Å². The molecule has 0 saturated carbocycles. The van der Waals surface area contributed by atoms with Crippen molar-refractivity contribution in [3.8, 4) is 17.1 Å². The van der Waals surface area contributed by atoms with Crippen molar-refractivity contribution >= 4 is 0 Å². The number of para-hydroxylation sites is 1. The maximum atomic E-state index is 9.86. The first-order valence-electron chi connectivity index (χ1n) is 5.77. The molecule has 2 heterocycles. The van der Waals surface area contributed by atoms with Crippen LogP contribution in [-0.4, -0.2) is 33.0 Å². The summed E-state index contributed by atoms with van der Waals surface area (Å²) in [6.07, 6.45) is 0.876. The van der Waals surface area contributed by atoms with Crippen molar-refractivity contribution in [1.29, 1.82) is 0 Å². The molecule has 0 fully saturated rings. The highest BCUT2D eigenvalue weighted by molar-refractivity contribution is 5.63. The number of aromatic nitrogens is 3. The molecule has 0 bridgehead atoms. The van der Waals surface area contributed by atoms with Crippen molar-refractivity contribution in [3.63, 3.8) is 0 Å². The van der Waals surface area contributed by atoms with Crippen LogP contribution in [0.3, 0.4) is 0 Å². The summed E-state index contributed by atoms with van der Waals surface area (Å²) in [5, 5.41) is 21.6. The number of aromatic hydroxyl groups is 1. The fourth-order valence-corrected chi connectivity index (χ4v) is 2.13. The SMILES string of the molecule is Oc1ccccc1-c1nnc2n1CCNCC2. The van der Waals surface area contributed by atoms with Crippen LogP contribution < -0.4 is 5.32 Å². The Balaban J connectivity index is 2.10. The van der Waals surface area contributed by atoms with Crippen LogP contribution in [0.4, 0.5) is 0 Å². The Bertz CT molecular complexity index is 535. The van der Waals surface area contributed by atoms with Gasteiger partial charge >= 0.3 is 0 Å². The van der Waals surface area contributed by atoms with Crippen molar-refractivity contribution in [2.45, 2.75) is 13.0 Å². The standard InChI is InChI=1S/C12H14N4O/c17-10-4-2-1-3-9(10)12-15-14-11-5-6-13-7-8-16(11)12/h1-4,13,17H,5-8H2. The fourth-order valence-electron chi connectivity index (χ4n) is 2.13. The molecule has 0 atom stereocenters. The first kappa shape index (κ1) is 10.3. The molecule has 0 amide bonds. The summed E-state index contributed by atoms with van der Waals surface area (Å²) in [4.78, 5) is 0. The van der Waals surface area contributed by atoms with Gasteiger partial charge in [0.15, 0.2) is 5.82 Å². The second kappa shape index (κ2) is 4.18. The van der Waals surface area contributed by atoms with Crippen LogP contribution in [-0.2, 0) is 13.0 Å². The van der Waals surface area contributed by atoms with Gasteiger partial charge in [-0.15, -0.1) is 10.2 Å². The third-order valence-corrected chi connectivity index (χ3v) is 3.01. The number of nitrogens with one attached hydrogen (secondary N) is 1. The summed E-state index contributed by atoms with van der Waals surface area (Å²) in [5.74, 6) is 1.98. The Kier molecular flexibility index (Phi) is 2.53. The number of hydrogen-bond donors (Lipinski definition) is 2. The molecule has 1 aliphatic rings. The van der Waals surface area contributed by atoms with E-state index in [0.29, 0.717) is 0 Å². The van der Waals surface area contributed by atoms with Crippen LogP contribution in [0.15, 0.2) is 24.3 Å². The molecule has 5 nitrogen and oxygen atoms in total. The lowest BCUT2D eigenvalue weighted by Crippen LogP contribution is -2.17. The molecule has 2 aromatic rings. The highest BCUT2D eigenvalue weighted by Gasteiger charge is 2.17. The van der Waals surface area contributed by atoms with Crippen molar-refractivity contribution < 1.29 is 5.11 Å². The van der Waals surface area contributed by atoms with Gasteiger partial charge in [-0.1, -0.05) is 12.1 Å². The predicted octanol–water partition coefficient (Wildman–Crippen LogP) is 0.796. The lowest BCUT2D eigenvalue weighted by molar-refractivity contribution is 0.476. The zero-order valence-electron chi connectivity index (χ0n) is 9.43. The monoisotopic (exact) mass is 230 g/mol. The highest BCUT2D eigenvalue weighted by Crippen LogP contribution is 2.27. The van der Waals surface area contributed by atoms with Crippen molar-refractivity contribution in [2.24, 2.45) is 0 Å². The molecule has 0 radical (unpaired) electrons. The van der Waals surface area contributed by atoms with Gasteiger partial charge < -0.3 is 15.0 Å². The van der Waals surface area contributed by atoms with E-state index in [-0.39, 0.29) is 5.75 Å². The van der Waals surface area contributed by atoms with Gasteiger partial charge in [0.05, 0.1) is 5.56 Å². The molecular weight excluding hydrogens is 216 g/mol. The van der Waals surface area contributed by atoms with Gasteiger partial charge in [-0.25, -0.2) is 0 Å². The van der Waals surface area contributed by atoms with Crippen LogP contribution in [0.5, 0.6) is 5.75 Å². The minimum Gasteiger partial charge on any atom is -0.507 e. The maximum absolute atomic E-state index is 9.86. The average Bonchev–Trinajstić information content (AvgIpc) is 2.59. The number of benzene rings is 1. The van der Waals surface area contributed by atoms with E-state index in [2.05, 4.69) is 20.1 Å². The molecule has 0 unspecified atom stereocenters. The number of phenolic OH excluding ortho intramolecular Hbond substituents is 1. The number of rotatable bonds is 1. The molecule has 0 spiro atoms. The Hall–Kier alpha value is -1.88. The van der Waals surface area contributed by atoms with E-state index in [0.717, 1.165) is 43.3 Å². The summed E-state index contributed by atoms with van der Waals surface area (Å²) in [5.41, 5.74) is 0.744. The Morgan fingerprint density at radius 2 is 2.06 bits per heavy atom. The third kappa shape index (κ3) is 1.78. The maximum Gasteiger partial charge on any atom is 0.167 e. The summed E-state index contributed by atoms with van der Waals surface area (Å²) in [6, 6.07) is 7.24. The number of fused-ring (bicyclic) bond motifs is 1. The van der Waals surface area contributed by atoms with Crippen LogP contribution in [0, 0.1) is 0 Å². The van der Waals surface area contributed by atoms with E-state index in [1.807, 2.05) is 12.1 Å². The minimum absolute atomic E-state index is 0.250. The molecule has 3 rings (SSSR count). The molecule has 1 aromatic carbocycles. The summed E-state index contributed by atoms with van der Waals surface area (Å²) in [7, 11) is 0. The molecule has 0 aliphatic carbocycles. The van der Waals surface area contributed by atoms with Gasteiger partial charge in [-0.3, -0.25) is 0 Å². The summed E-state index contributed by atoms with van der Waals surface area (Å²) >= 11 is 0. The fraction of sp³-hybridized carbons (Fsp3) is 0.333. The number of phenols is 1. The second-order valence-corrected chi connectivity index (χ2v) is 4.11. The Morgan fingerprint density at radius 3 is 2.94 bits per heavy atom. The van der Waals surface area contributed by atoms with E-state index < -0.39 is 0 Å². The molecule has 5 heteroatoms. The molecule has 0 saturated heterocycles. The van der Waals surface area contributed by atoms with Crippen molar-refractivity contribution in [3.05, 3.63) is 30.1 Å². The minimum atomic E-state index is 0.250.